The molecule has 0 bridgehead atoms. The topological polar surface area (TPSA) is 12.1 Å². The Morgan fingerprint density at radius 3 is 1.70 bits per heavy atom. The molecule has 54 heavy (non-hydrogen) atoms. The minimum Gasteiger partial charge on any atom is -0.310 e. The first-order valence-corrected chi connectivity index (χ1v) is 18.9. The van der Waals surface area contributed by atoms with Gasteiger partial charge in [0.2, 0.25) is 0 Å². The molecule has 3 heteroatoms. The maximum absolute atomic E-state index is 2.52. The van der Waals surface area contributed by atoms with Crippen molar-refractivity contribution in [2.45, 2.75) is 19.3 Å². The molecule has 1 aliphatic rings. The number of benzene rings is 8. The number of para-hydroxylation sites is 2. The fourth-order valence-corrected chi connectivity index (χ4v) is 9.77. The van der Waals surface area contributed by atoms with E-state index in [1.165, 1.54) is 88.0 Å². The van der Waals surface area contributed by atoms with E-state index >= 15 is 0 Å². The van der Waals surface area contributed by atoms with Crippen molar-refractivity contribution in [2.75, 3.05) is 4.90 Å². The number of fused-ring (bicyclic) bond motifs is 12. The summed E-state index contributed by atoms with van der Waals surface area (Å²) in [6.07, 6.45) is 0. The summed E-state index contributed by atoms with van der Waals surface area (Å²) in [6, 6.07) is 65.2. The quantitative estimate of drug-likeness (QED) is 0.168. The monoisotopic (exact) mass is 689 g/mol. The minimum atomic E-state index is -0.0621. The molecule has 254 valence electrons. The first kappa shape index (κ1) is 29.7. The lowest BCUT2D eigenvalue weighted by molar-refractivity contribution is 0.660. The van der Waals surface area contributed by atoms with Crippen molar-refractivity contribution in [2.24, 2.45) is 0 Å². The van der Waals surface area contributed by atoms with Gasteiger partial charge >= 0.3 is 0 Å². The summed E-state index contributed by atoms with van der Waals surface area (Å²) in [6.45, 7) is 4.70. The van der Waals surface area contributed by atoms with Gasteiger partial charge in [-0.2, -0.15) is 0 Å². The molecule has 0 radical (unpaired) electrons. The molecule has 8 aromatic carbocycles. The third-order valence-corrected chi connectivity index (χ3v) is 12.2. The van der Waals surface area contributed by atoms with E-state index in [0.29, 0.717) is 0 Å². The second-order valence-corrected chi connectivity index (χ2v) is 15.4. The molecule has 0 unspecified atom stereocenters. The number of anilines is 3. The van der Waals surface area contributed by atoms with E-state index in [9.17, 15) is 0 Å². The van der Waals surface area contributed by atoms with Crippen molar-refractivity contribution in [1.82, 2.24) is 8.80 Å². The standard InChI is InChI=1S/C51H35N3/c1-51(2)43-20-9-6-17-37(43)42-30-35(23-27-44(42)51)52(34-16-12-15-33(29-34)32-13-4-3-5-14-32)36-24-28-47-48(31-36)54-46-22-11-8-19-39(46)41-26-25-40-38-18-7-10-21-45(38)53(47)49(40)50(41)54/h3-31H,1-2H3. The van der Waals surface area contributed by atoms with Gasteiger partial charge in [-0.3, -0.25) is 0 Å². The molecule has 12 rings (SSSR count). The van der Waals surface area contributed by atoms with Crippen molar-refractivity contribution >= 4 is 71.7 Å². The summed E-state index contributed by atoms with van der Waals surface area (Å²) in [5.41, 5.74) is 18.5. The van der Waals surface area contributed by atoms with Crippen LogP contribution in [0.2, 0.25) is 0 Å². The van der Waals surface area contributed by atoms with Gasteiger partial charge in [-0.1, -0.05) is 135 Å². The lowest BCUT2D eigenvalue weighted by Crippen LogP contribution is -2.15. The highest BCUT2D eigenvalue weighted by molar-refractivity contribution is 6.25. The Morgan fingerprint density at radius 1 is 0.370 bits per heavy atom. The molecule has 0 atom stereocenters. The van der Waals surface area contributed by atoms with Crippen LogP contribution in [0.4, 0.5) is 17.1 Å². The zero-order valence-electron chi connectivity index (χ0n) is 30.1. The van der Waals surface area contributed by atoms with Gasteiger partial charge in [-0.05, 0) is 88.0 Å². The van der Waals surface area contributed by atoms with Gasteiger partial charge in [0.25, 0.3) is 0 Å². The van der Waals surface area contributed by atoms with Crippen LogP contribution in [0.15, 0.2) is 176 Å². The summed E-state index contributed by atoms with van der Waals surface area (Å²) in [7, 11) is 0. The lowest BCUT2D eigenvalue weighted by atomic mass is 9.82. The summed E-state index contributed by atoms with van der Waals surface area (Å²) in [4.78, 5) is 2.45. The molecule has 0 N–H and O–H groups in total. The van der Waals surface area contributed by atoms with Crippen molar-refractivity contribution in [1.29, 1.82) is 0 Å². The number of hydrogen-bond acceptors (Lipinski definition) is 1. The van der Waals surface area contributed by atoms with Crippen LogP contribution in [0.1, 0.15) is 25.0 Å². The average molecular weight is 690 g/mol. The second-order valence-electron chi connectivity index (χ2n) is 15.4. The fourth-order valence-electron chi connectivity index (χ4n) is 9.77. The first-order chi connectivity index (χ1) is 26.6. The molecule has 0 aliphatic heterocycles. The van der Waals surface area contributed by atoms with Gasteiger partial charge < -0.3 is 13.7 Å². The lowest BCUT2D eigenvalue weighted by Gasteiger charge is -2.28. The van der Waals surface area contributed by atoms with Crippen molar-refractivity contribution in [3.05, 3.63) is 187 Å². The molecule has 3 nitrogen and oxygen atoms in total. The van der Waals surface area contributed by atoms with Gasteiger partial charge in [0.15, 0.2) is 0 Å². The fraction of sp³-hybridized carbons (Fsp3) is 0.0588. The van der Waals surface area contributed by atoms with Gasteiger partial charge in [0.1, 0.15) is 0 Å². The first-order valence-electron chi connectivity index (χ1n) is 18.9. The van der Waals surface area contributed by atoms with Crippen LogP contribution >= 0.6 is 0 Å². The molecule has 0 amide bonds. The number of aromatic nitrogens is 2. The van der Waals surface area contributed by atoms with Crippen LogP contribution in [0, 0.1) is 0 Å². The van der Waals surface area contributed by atoms with Crippen LogP contribution in [0.3, 0.4) is 0 Å². The van der Waals surface area contributed by atoms with E-state index in [1.54, 1.807) is 0 Å². The van der Waals surface area contributed by atoms with Gasteiger partial charge in [-0.25, -0.2) is 0 Å². The molecule has 0 saturated carbocycles. The Bertz CT molecular complexity index is 3310. The number of hydrogen-bond donors (Lipinski definition) is 0. The van der Waals surface area contributed by atoms with E-state index in [0.717, 1.165) is 17.1 Å². The van der Waals surface area contributed by atoms with Crippen LogP contribution in [0.5, 0.6) is 0 Å². The molecule has 0 spiro atoms. The van der Waals surface area contributed by atoms with Gasteiger partial charge in [0.05, 0.1) is 33.1 Å². The maximum Gasteiger partial charge on any atom is 0.0789 e. The normalized spacial score (nSPS) is 13.5. The predicted molar refractivity (Wildman–Crippen MR) is 227 cm³/mol. The van der Waals surface area contributed by atoms with Crippen LogP contribution < -0.4 is 4.90 Å². The van der Waals surface area contributed by atoms with E-state index in [4.69, 9.17) is 0 Å². The highest BCUT2D eigenvalue weighted by Gasteiger charge is 2.35. The number of nitrogens with zero attached hydrogens (tertiary/aromatic N) is 3. The largest absolute Gasteiger partial charge is 0.310 e. The van der Waals surface area contributed by atoms with E-state index in [1.807, 2.05) is 0 Å². The third kappa shape index (κ3) is 3.85. The Labute approximate surface area is 312 Å². The van der Waals surface area contributed by atoms with Gasteiger partial charge in [0, 0.05) is 44.0 Å². The summed E-state index contributed by atoms with van der Waals surface area (Å²) in [5.74, 6) is 0. The van der Waals surface area contributed by atoms with Crippen molar-refractivity contribution in [3.63, 3.8) is 0 Å². The molecular formula is C51H35N3. The molecule has 3 aromatic heterocycles. The zero-order chi connectivity index (χ0) is 35.7. The average Bonchev–Trinajstić information content (AvgIpc) is 3.82. The Kier molecular flexibility index (Phi) is 5.84. The molecule has 0 saturated heterocycles. The van der Waals surface area contributed by atoms with Gasteiger partial charge in [-0.15, -0.1) is 0 Å². The van der Waals surface area contributed by atoms with E-state index < -0.39 is 0 Å². The maximum atomic E-state index is 2.52. The smallest absolute Gasteiger partial charge is 0.0789 e. The highest BCUT2D eigenvalue weighted by Crippen LogP contribution is 2.51. The molecule has 0 fully saturated rings. The van der Waals surface area contributed by atoms with E-state index in [-0.39, 0.29) is 5.41 Å². The highest BCUT2D eigenvalue weighted by atomic mass is 15.1. The predicted octanol–water partition coefficient (Wildman–Crippen LogP) is 13.7. The molecule has 1 aliphatic carbocycles. The summed E-state index contributed by atoms with van der Waals surface area (Å²) in [5, 5.41) is 5.13. The number of rotatable bonds is 4. The minimum absolute atomic E-state index is 0.0621. The Hall–Kier alpha value is -6.84. The van der Waals surface area contributed by atoms with Crippen molar-refractivity contribution < 1.29 is 0 Å². The third-order valence-electron chi connectivity index (χ3n) is 12.2. The van der Waals surface area contributed by atoms with Crippen LogP contribution in [-0.2, 0) is 5.41 Å². The SMILES string of the molecule is CC1(C)c2ccccc2-c2cc(N(c3cccc(-c4ccccc4)c3)c3ccc4c(c3)n3c5ccccc5c5ccc6c7ccccc7n4c6c53)ccc21. The van der Waals surface area contributed by atoms with Crippen molar-refractivity contribution in [3.8, 4) is 22.3 Å². The molecule has 3 heterocycles. The Balaban J connectivity index is 1.18. The summed E-state index contributed by atoms with van der Waals surface area (Å²) >= 11 is 0. The zero-order valence-corrected chi connectivity index (χ0v) is 30.1. The van der Waals surface area contributed by atoms with E-state index in [2.05, 4.69) is 203 Å². The Morgan fingerprint density at radius 2 is 0.944 bits per heavy atom. The summed E-state index contributed by atoms with van der Waals surface area (Å²) < 4.78 is 5.02. The second kappa shape index (κ2) is 10.6. The van der Waals surface area contributed by atoms with Crippen LogP contribution in [0.25, 0.3) is 76.9 Å². The van der Waals surface area contributed by atoms with Crippen LogP contribution in [-0.4, -0.2) is 8.80 Å². The molecular weight excluding hydrogens is 655 g/mol. The molecule has 11 aromatic rings.